The van der Waals surface area contributed by atoms with E-state index in [0.717, 1.165) is 32.7 Å². The van der Waals surface area contributed by atoms with Crippen molar-refractivity contribution in [1.29, 1.82) is 0 Å². The van der Waals surface area contributed by atoms with E-state index < -0.39 is 0 Å². The zero-order chi connectivity index (χ0) is 21.3. The molecular weight excluding hydrogens is 440 g/mol. The Kier molecular flexibility index (Phi) is 7.91. The lowest BCUT2D eigenvalue weighted by Gasteiger charge is -2.12. The van der Waals surface area contributed by atoms with E-state index in [1.807, 2.05) is 80.6 Å². The third-order valence-electron chi connectivity index (χ3n) is 4.47. The third kappa shape index (κ3) is 6.92. The van der Waals surface area contributed by atoms with E-state index in [2.05, 4.69) is 32.6 Å². The van der Waals surface area contributed by atoms with E-state index in [0.29, 0.717) is 25.5 Å². The molecule has 3 aromatic rings. The number of benzene rings is 3. The molecule has 0 atom stereocenters. The molecule has 0 spiro atoms. The van der Waals surface area contributed by atoms with Gasteiger partial charge in [0.2, 0.25) is 5.91 Å². The Morgan fingerprint density at radius 2 is 1.70 bits per heavy atom. The Bertz CT molecular complexity index is 974. The summed E-state index contributed by atoms with van der Waals surface area (Å²) < 4.78 is 6.84. The Labute approximate surface area is 186 Å². The Hall–Kier alpha value is -2.79. The van der Waals surface area contributed by atoms with Gasteiger partial charge in [0.25, 0.3) is 0 Å². The summed E-state index contributed by atoms with van der Waals surface area (Å²) in [5.41, 5.74) is 4.02. The molecule has 5 heteroatoms. The molecule has 0 aromatic heterocycles. The van der Waals surface area contributed by atoms with Crippen molar-refractivity contribution in [3.63, 3.8) is 0 Å². The Balaban J connectivity index is 1.55. The fraction of sp³-hybridized carbons (Fsp3) is 0.240. The van der Waals surface area contributed by atoms with Crippen LogP contribution >= 0.6 is 15.9 Å². The summed E-state index contributed by atoms with van der Waals surface area (Å²) in [4.78, 5) is 12.0. The largest absolute Gasteiger partial charge is 0.488 e. The fourth-order valence-corrected chi connectivity index (χ4v) is 3.54. The van der Waals surface area contributed by atoms with E-state index in [1.165, 1.54) is 0 Å². The van der Waals surface area contributed by atoms with Gasteiger partial charge in [-0.15, -0.1) is 0 Å². The average Bonchev–Trinajstić information content (AvgIpc) is 2.72. The SMILES string of the molecule is CC(C)CC(=O)Nc1cccc(NCc2ccc(OCc3ccccc3)c(Br)c2)c1. The zero-order valence-electron chi connectivity index (χ0n) is 17.3. The summed E-state index contributed by atoms with van der Waals surface area (Å²) >= 11 is 3.60. The van der Waals surface area contributed by atoms with E-state index in [-0.39, 0.29) is 5.91 Å². The van der Waals surface area contributed by atoms with Gasteiger partial charge in [-0.05, 0) is 63.3 Å². The summed E-state index contributed by atoms with van der Waals surface area (Å²) in [7, 11) is 0. The van der Waals surface area contributed by atoms with E-state index in [9.17, 15) is 4.79 Å². The number of hydrogen-bond donors (Lipinski definition) is 2. The van der Waals surface area contributed by atoms with Gasteiger partial charge < -0.3 is 15.4 Å². The standard InChI is InChI=1S/C25H27BrN2O2/c1-18(2)13-25(29)28-22-10-6-9-21(15-22)27-16-20-11-12-24(23(26)14-20)30-17-19-7-4-3-5-8-19/h3-12,14-15,18,27H,13,16-17H2,1-2H3,(H,28,29). The number of halogens is 1. The summed E-state index contributed by atoms with van der Waals surface area (Å²) in [5, 5.41) is 6.36. The van der Waals surface area contributed by atoms with Crippen molar-refractivity contribution >= 4 is 33.2 Å². The zero-order valence-corrected chi connectivity index (χ0v) is 18.9. The second kappa shape index (κ2) is 10.8. The molecule has 3 aromatic carbocycles. The molecule has 1 amide bonds. The molecule has 0 saturated carbocycles. The summed E-state index contributed by atoms with van der Waals surface area (Å²) in [6, 6.07) is 24.0. The lowest BCUT2D eigenvalue weighted by Crippen LogP contribution is -2.13. The molecule has 30 heavy (non-hydrogen) atoms. The van der Waals surface area contributed by atoms with Gasteiger partial charge in [-0.25, -0.2) is 0 Å². The fourth-order valence-electron chi connectivity index (χ4n) is 3.00. The minimum atomic E-state index is 0.0390. The lowest BCUT2D eigenvalue weighted by molar-refractivity contribution is -0.116. The van der Waals surface area contributed by atoms with Gasteiger partial charge >= 0.3 is 0 Å². The highest BCUT2D eigenvalue weighted by Gasteiger charge is 2.07. The van der Waals surface area contributed by atoms with Gasteiger partial charge in [0.05, 0.1) is 4.47 Å². The topological polar surface area (TPSA) is 50.4 Å². The van der Waals surface area contributed by atoms with Crippen LogP contribution in [-0.4, -0.2) is 5.91 Å². The normalized spacial score (nSPS) is 10.7. The number of rotatable bonds is 9. The molecule has 0 saturated heterocycles. The molecule has 0 fully saturated rings. The van der Waals surface area contributed by atoms with Gasteiger partial charge in [0.15, 0.2) is 0 Å². The van der Waals surface area contributed by atoms with Crippen molar-refractivity contribution in [3.05, 3.63) is 88.4 Å². The predicted octanol–water partition coefficient (Wildman–Crippen LogP) is 6.62. The van der Waals surface area contributed by atoms with Crippen LogP contribution in [0.3, 0.4) is 0 Å². The van der Waals surface area contributed by atoms with Gasteiger partial charge in [-0.3, -0.25) is 4.79 Å². The molecule has 0 unspecified atom stereocenters. The number of amides is 1. The number of nitrogens with one attached hydrogen (secondary N) is 2. The van der Waals surface area contributed by atoms with Crippen molar-refractivity contribution in [3.8, 4) is 5.75 Å². The van der Waals surface area contributed by atoms with Gasteiger partial charge in [-0.1, -0.05) is 56.3 Å². The number of anilines is 2. The molecule has 3 rings (SSSR count). The van der Waals surface area contributed by atoms with Crippen molar-refractivity contribution in [2.45, 2.75) is 33.4 Å². The molecule has 0 aliphatic heterocycles. The number of hydrogen-bond acceptors (Lipinski definition) is 3. The minimum Gasteiger partial charge on any atom is -0.488 e. The van der Waals surface area contributed by atoms with Crippen LogP contribution < -0.4 is 15.4 Å². The van der Waals surface area contributed by atoms with Crippen LogP contribution in [0, 0.1) is 5.92 Å². The van der Waals surface area contributed by atoms with Crippen LogP contribution in [0.4, 0.5) is 11.4 Å². The van der Waals surface area contributed by atoms with Crippen LogP contribution in [-0.2, 0) is 17.9 Å². The molecule has 2 N–H and O–H groups in total. The molecular formula is C25H27BrN2O2. The maximum atomic E-state index is 12.0. The smallest absolute Gasteiger partial charge is 0.224 e. The Morgan fingerprint density at radius 3 is 2.43 bits per heavy atom. The first-order chi connectivity index (χ1) is 14.5. The van der Waals surface area contributed by atoms with Gasteiger partial charge in [-0.2, -0.15) is 0 Å². The van der Waals surface area contributed by atoms with E-state index in [4.69, 9.17) is 4.74 Å². The number of carbonyl (C=O) groups is 1. The van der Waals surface area contributed by atoms with Gasteiger partial charge in [0.1, 0.15) is 12.4 Å². The highest BCUT2D eigenvalue weighted by atomic mass is 79.9. The summed E-state index contributed by atoms with van der Waals surface area (Å²) in [6.45, 7) is 5.27. The summed E-state index contributed by atoms with van der Waals surface area (Å²) in [5.74, 6) is 1.19. The lowest BCUT2D eigenvalue weighted by atomic mass is 10.1. The van der Waals surface area contributed by atoms with Crippen molar-refractivity contribution in [1.82, 2.24) is 0 Å². The maximum Gasteiger partial charge on any atom is 0.224 e. The van der Waals surface area contributed by atoms with E-state index in [1.54, 1.807) is 0 Å². The highest BCUT2D eigenvalue weighted by Crippen LogP contribution is 2.27. The third-order valence-corrected chi connectivity index (χ3v) is 5.09. The molecule has 0 aliphatic carbocycles. The molecule has 0 aliphatic rings. The number of ether oxygens (including phenoxy) is 1. The van der Waals surface area contributed by atoms with Crippen LogP contribution in [0.25, 0.3) is 0 Å². The molecule has 4 nitrogen and oxygen atoms in total. The highest BCUT2D eigenvalue weighted by molar-refractivity contribution is 9.10. The molecule has 0 bridgehead atoms. The van der Waals surface area contributed by atoms with Crippen LogP contribution in [0.2, 0.25) is 0 Å². The average molecular weight is 467 g/mol. The Morgan fingerprint density at radius 1 is 0.933 bits per heavy atom. The van der Waals surface area contributed by atoms with Crippen LogP contribution in [0.15, 0.2) is 77.3 Å². The van der Waals surface area contributed by atoms with E-state index >= 15 is 0 Å². The quantitative estimate of drug-likeness (QED) is 0.372. The van der Waals surface area contributed by atoms with Crippen LogP contribution in [0.1, 0.15) is 31.4 Å². The second-order valence-corrected chi connectivity index (χ2v) is 8.47. The summed E-state index contributed by atoms with van der Waals surface area (Å²) in [6.07, 6.45) is 0.518. The second-order valence-electron chi connectivity index (χ2n) is 7.62. The monoisotopic (exact) mass is 466 g/mol. The van der Waals surface area contributed by atoms with Crippen molar-refractivity contribution in [2.75, 3.05) is 10.6 Å². The van der Waals surface area contributed by atoms with Gasteiger partial charge in [0, 0.05) is 24.3 Å². The minimum absolute atomic E-state index is 0.0390. The van der Waals surface area contributed by atoms with Crippen molar-refractivity contribution in [2.24, 2.45) is 5.92 Å². The first-order valence-corrected chi connectivity index (χ1v) is 10.9. The first-order valence-electron chi connectivity index (χ1n) is 10.1. The molecule has 0 radical (unpaired) electrons. The molecule has 0 heterocycles. The molecule has 156 valence electrons. The van der Waals surface area contributed by atoms with Crippen molar-refractivity contribution < 1.29 is 9.53 Å². The van der Waals surface area contributed by atoms with Crippen LogP contribution in [0.5, 0.6) is 5.75 Å². The maximum absolute atomic E-state index is 12.0. The number of carbonyl (C=O) groups excluding carboxylic acids is 1. The predicted molar refractivity (Wildman–Crippen MR) is 127 cm³/mol. The first kappa shape index (κ1) is 21.9.